The molecule has 0 aromatic rings. The molecule has 0 aliphatic carbocycles. The Morgan fingerprint density at radius 3 is 1.65 bits per heavy atom. The van der Waals surface area contributed by atoms with Crippen LogP contribution in [0.15, 0.2) is 22.5 Å². The van der Waals surface area contributed by atoms with Crippen molar-refractivity contribution in [2.75, 3.05) is 6.61 Å². The Hall–Kier alpha value is 0.0787. The molecule has 0 heterocycles. The molecular weight excluding hydrogens is 351 g/mol. The molecule has 1 nitrogen and oxygen atoms in total. The summed E-state index contributed by atoms with van der Waals surface area (Å²) in [6.45, 7) is 13.8. The summed E-state index contributed by atoms with van der Waals surface area (Å²) in [5, 5.41) is 0. The summed E-state index contributed by atoms with van der Waals surface area (Å²) < 4.78 is 11.9. The summed E-state index contributed by atoms with van der Waals surface area (Å²) in [4.78, 5) is 0. The summed E-state index contributed by atoms with van der Waals surface area (Å²) >= 11 is -2.33. The van der Waals surface area contributed by atoms with Crippen LogP contribution in [0.4, 0.5) is 0 Å². The third-order valence-corrected chi connectivity index (χ3v) is 19.2. The Kier molecular flexibility index (Phi) is 12.8. The Morgan fingerprint density at radius 2 is 1.35 bits per heavy atom. The Balaban J connectivity index is 5.26. The third kappa shape index (κ3) is 7.19. The van der Waals surface area contributed by atoms with E-state index >= 15 is 0 Å². The number of hydrogen-bond acceptors (Lipinski definition) is 1. The van der Waals surface area contributed by atoms with Gasteiger partial charge in [0.05, 0.1) is 0 Å². The van der Waals surface area contributed by atoms with Gasteiger partial charge in [-0.3, -0.25) is 0 Å². The average molecular weight is 387 g/mol. The summed E-state index contributed by atoms with van der Waals surface area (Å²) in [7, 11) is 0. The fourth-order valence-corrected chi connectivity index (χ4v) is 18.6. The Morgan fingerprint density at radius 1 is 0.900 bits per heavy atom. The van der Waals surface area contributed by atoms with Crippen LogP contribution in [0.25, 0.3) is 0 Å². The Bertz CT molecular complexity index is 249. The van der Waals surface area contributed by atoms with E-state index in [-0.39, 0.29) is 0 Å². The molecule has 2 heteroatoms. The molecule has 0 fully saturated rings. The molecule has 0 saturated carbocycles. The zero-order valence-corrected chi connectivity index (χ0v) is 17.2. The molecule has 0 aromatic heterocycles. The summed E-state index contributed by atoms with van der Waals surface area (Å²) in [6, 6.07) is 0. The second kappa shape index (κ2) is 12.8. The number of allylic oxidation sites excluding steroid dienone is 2. The van der Waals surface area contributed by atoms with Crippen molar-refractivity contribution in [3.63, 3.8) is 0 Å². The third-order valence-electron chi connectivity index (χ3n) is 4.12. The van der Waals surface area contributed by atoms with Crippen LogP contribution in [-0.4, -0.2) is 25.0 Å². The Labute approximate surface area is 131 Å². The predicted molar refractivity (Wildman–Crippen MR) is 94.8 cm³/mol. The van der Waals surface area contributed by atoms with Crippen LogP contribution in [0.3, 0.4) is 0 Å². The topological polar surface area (TPSA) is 9.23 Å². The van der Waals surface area contributed by atoms with Crippen molar-refractivity contribution in [3.8, 4) is 0 Å². The van der Waals surface area contributed by atoms with Crippen LogP contribution in [0.2, 0.25) is 13.3 Å². The minimum atomic E-state index is -2.33. The van der Waals surface area contributed by atoms with Crippen LogP contribution < -0.4 is 0 Å². The molecule has 0 bridgehead atoms. The van der Waals surface area contributed by atoms with Gasteiger partial charge in [-0.2, -0.15) is 0 Å². The molecule has 0 unspecified atom stereocenters. The maximum atomic E-state index is 6.12. The summed E-state index contributed by atoms with van der Waals surface area (Å²) in [5.41, 5.74) is 0. The van der Waals surface area contributed by atoms with E-state index in [1.165, 1.54) is 55.6 Å². The van der Waals surface area contributed by atoms with Gasteiger partial charge >= 0.3 is 132 Å². The monoisotopic (exact) mass is 388 g/mol. The van der Waals surface area contributed by atoms with E-state index in [4.69, 9.17) is 4.74 Å². The molecule has 118 valence electrons. The first kappa shape index (κ1) is 20.1. The molecule has 20 heavy (non-hydrogen) atoms. The number of ether oxygens (including phenoxy) is 1. The zero-order chi connectivity index (χ0) is 15.3. The van der Waals surface area contributed by atoms with Crippen molar-refractivity contribution in [2.45, 2.75) is 79.5 Å². The molecule has 0 rings (SSSR count). The quantitative estimate of drug-likeness (QED) is 0.200. The maximum absolute atomic E-state index is 6.12. The fourth-order valence-electron chi connectivity index (χ4n) is 2.93. The summed E-state index contributed by atoms with van der Waals surface area (Å²) in [5.74, 6) is 0. The normalized spacial score (nSPS) is 12.5. The van der Waals surface area contributed by atoms with Gasteiger partial charge in [-0.05, 0) is 0 Å². The first-order chi connectivity index (χ1) is 9.70. The standard InChI is InChI=1S/C6H9O.3C4H9.Sn/c1-3-5-6-7-4-2;3*1-3-4-2;/h3,5H,1,4H2,2H3;3*1,3-4H2,2H3;. The number of unbranched alkanes of at least 4 members (excludes halogenated alkanes) is 3. The molecule has 0 amide bonds. The van der Waals surface area contributed by atoms with E-state index in [9.17, 15) is 0 Å². The van der Waals surface area contributed by atoms with Crippen LogP contribution in [-0.2, 0) is 4.74 Å². The molecule has 0 saturated heterocycles. The van der Waals surface area contributed by atoms with Crippen molar-refractivity contribution in [2.24, 2.45) is 0 Å². The molecule has 0 aliphatic rings. The van der Waals surface area contributed by atoms with Crippen LogP contribution in [0.1, 0.15) is 66.2 Å². The van der Waals surface area contributed by atoms with Gasteiger partial charge in [0.15, 0.2) is 0 Å². The minimum absolute atomic E-state index is 0.808. The van der Waals surface area contributed by atoms with Gasteiger partial charge in [0.2, 0.25) is 0 Å². The second-order valence-electron chi connectivity index (χ2n) is 5.79. The average Bonchev–Trinajstić information content (AvgIpc) is 2.47. The first-order valence-corrected chi connectivity index (χ1v) is 16.1. The van der Waals surface area contributed by atoms with Crippen molar-refractivity contribution in [3.05, 3.63) is 22.5 Å². The zero-order valence-electron chi connectivity index (χ0n) is 14.3. The van der Waals surface area contributed by atoms with E-state index in [0.29, 0.717) is 0 Å². The van der Waals surface area contributed by atoms with Gasteiger partial charge in [0, 0.05) is 0 Å². The fraction of sp³-hybridized carbons (Fsp3) is 0.778. The molecule has 0 aromatic carbocycles. The van der Waals surface area contributed by atoms with Crippen molar-refractivity contribution >= 4 is 18.4 Å². The van der Waals surface area contributed by atoms with E-state index in [0.717, 1.165) is 6.61 Å². The van der Waals surface area contributed by atoms with Crippen LogP contribution in [0.5, 0.6) is 0 Å². The van der Waals surface area contributed by atoms with Gasteiger partial charge in [-0.1, -0.05) is 0 Å². The predicted octanol–water partition coefficient (Wildman–Crippen LogP) is 6.48. The van der Waals surface area contributed by atoms with Gasteiger partial charge in [-0.15, -0.1) is 0 Å². The van der Waals surface area contributed by atoms with Crippen LogP contribution >= 0.6 is 0 Å². The van der Waals surface area contributed by atoms with Crippen LogP contribution in [0, 0.1) is 0 Å². The van der Waals surface area contributed by atoms with Gasteiger partial charge < -0.3 is 0 Å². The van der Waals surface area contributed by atoms with Gasteiger partial charge in [0.1, 0.15) is 0 Å². The summed E-state index contributed by atoms with van der Waals surface area (Å²) in [6.07, 6.45) is 12.2. The van der Waals surface area contributed by atoms with E-state index in [1.807, 2.05) is 6.08 Å². The number of rotatable bonds is 13. The first-order valence-electron chi connectivity index (χ1n) is 8.66. The molecule has 0 radical (unpaired) electrons. The molecule has 0 N–H and O–H groups in total. The van der Waals surface area contributed by atoms with Crippen molar-refractivity contribution in [1.29, 1.82) is 0 Å². The van der Waals surface area contributed by atoms with Gasteiger partial charge in [0.25, 0.3) is 0 Å². The molecule has 0 spiro atoms. The van der Waals surface area contributed by atoms with Crippen molar-refractivity contribution < 1.29 is 4.74 Å². The number of hydrogen-bond donors (Lipinski definition) is 0. The molecule has 0 atom stereocenters. The van der Waals surface area contributed by atoms with E-state index in [2.05, 4.69) is 40.3 Å². The van der Waals surface area contributed by atoms with E-state index in [1.54, 1.807) is 0 Å². The van der Waals surface area contributed by atoms with Gasteiger partial charge in [-0.25, -0.2) is 0 Å². The van der Waals surface area contributed by atoms with E-state index < -0.39 is 18.4 Å². The molecular formula is C18H36OSn. The van der Waals surface area contributed by atoms with Crippen molar-refractivity contribution in [1.82, 2.24) is 0 Å². The second-order valence-corrected chi connectivity index (χ2v) is 18.8. The molecule has 0 aliphatic heterocycles. The SMILES string of the molecule is C=C/C=[C](/OCC)[Sn]([CH2]CCC)([CH2]CCC)[CH2]CCC.